The average molecular weight is 268 g/mol. The first kappa shape index (κ1) is 14.8. The van der Waals surface area contributed by atoms with E-state index < -0.39 is 11.5 Å². The molecule has 0 amide bonds. The van der Waals surface area contributed by atoms with Crippen LogP contribution in [0.2, 0.25) is 0 Å². The van der Waals surface area contributed by atoms with Gasteiger partial charge in [0.1, 0.15) is 5.54 Å². The fourth-order valence-corrected chi connectivity index (χ4v) is 3.20. The zero-order valence-corrected chi connectivity index (χ0v) is 12.5. The molecule has 1 saturated heterocycles. The van der Waals surface area contributed by atoms with E-state index in [9.17, 15) is 9.90 Å². The highest BCUT2D eigenvalue weighted by Gasteiger charge is 2.41. The van der Waals surface area contributed by atoms with E-state index in [1.54, 1.807) is 0 Å². The van der Waals surface area contributed by atoms with Crippen molar-refractivity contribution < 1.29 is 9.90 Å². The molecule has 0 aromatic carbocycles. The topological polar surface area (TPSA) is 52.6 Å². The Morgan fingerprint density at radius 1 is 1.47 bits per heavy atom. The van der Waals surface area contributed by atoms with Crippen molar-refractivity contribution in [3.63, 3.8) is 0 Å². The molecule has 0 aromatic heterocycles. The third-order valence-corrected chi connectivity index (χ3v) is 4.79. The molecule has 0 bridgehead atoms. The summed E-state index contributed by atoms with van der Waals surface area (Å²) in [6.07, 6.45) is 5.44. The maximum absolute atomic E-state index is 11.6. The van der Waals surface area contributed by atoms with Crippen molar-refractivity contribution >= 4 is 5.97 Å². The summed E-state index contributed by atoms with van der Waals surface area (Å²) in [4.78, 5) is 14.0. The van der Waals surface area contributed by atoms with E-state index in [0.717, 1.165) is 31.8 Å². The average Bonchev–Trinajstić information content (AvgIpc) is 3.02. The molecule has 2 N–H and O–H groups in total. The lowest BCUT2D eigenvalue weighted by Crippen LogP contribution is -2.54. The van der Waals surface area contributed by atoms with Gasteiger partial charge in [-0.25, -0.2) is 0 Å². The number of hydrogen-bond acceptors (Lipinski definition) is 3. The quantitative estimate of drug-likeness (QED) is 0.742. The lowest BCUT2D eigenvalue weighted by Gasteiger charge is -2.33. The smallest absolute Gasteiger partial charge is 0.323 e. The molecule has 1 aliphatic carbocycles. The number of nitrogens with zero attached hydrogens (tertiary/aromatic N) is 1. The van der Waals surface area contributed by atoms with E-state index in [2.05, 4.69) is 24.1 Å². The second kappa shape index (κ2) is 5.80. The van der Waals surface area contributed by atoms with Crippen LogP contribution in [0.15, 0.2) is 0 Å². The second-order valence-electron chi connectivity index (χ2n) is 6.67. The number of aliphatic carboxylic acids is 1. The highest BCUT2D eigenvalue weighted by molar-refractivity contribution is 5.78. The maximum Gasteiger partial charge on any atom is 0.323 e. The van der Waals surface area contributed by atoms with Crippen LogP contribution in [0.3, 0.4) is 0 Å². The number of carbonyl (C=O) groups is 1. The molecule has 2 aliphatic rings. The van der Waals surface area contributed by atoms with Gasteiger partial charge in [0, 0.05) is 18.6 Å². The summed E-state index contributed by atoms with van der Waals surface area (Å²) < 4.78 is 0. The maximum atomic E-state index is 11.6. The van der Waals surface area contributed by atoms with Crippen LogP contribution in [0.4, 0.5) is 0 Å². The Hall–Kier alpha value is -0.610. The van der Waals surface area contributed by atoms with Crippen molar-refractivity contribution in [3.8, 4) is 0 Å². The van der Waals surface area contributed by atoms with E-state index in [1.807, 2.05) is 6.92 Å². The molecule has 0 radical (unpaired) electrons. The minimum atomic E-state index is -0.773. The number of nitrogens with one attached hydrogen (secondary N) is 1. The molecule has 0 aromatic rings. The van der Waals surface area contributed by atoms with Gasteiger partial charge in [0.15, 0.2) is 0 Å². The summed E-state index contributed by atoms with van der Waals surface area (Å²) in [5, 5.41) is 12.8. The van der Waals surface area contributed by atoms with Crippen LogP contribution in [0.25, 0.3) is 0 Å². The lowest BCUT2D eigenvalue weighted by atomic mass is 9.92. The standard InChI is InChI=1S/C15H28N2O2/c1-4-12-7-8-17(10-12)11(2)9-15(3,14(18)19)16-13-5-6-13/h11-13,16H,4-10H2,1-3H3,(H,18,19). The zero-order chi connectivity index (χ0) is 14.0. The molecule has 3 atom stereocenters. The summed E-state index contributed by atoms with van der Waals surface area (Å²) in [5.74, 6) is 0.0902. The minimum absolute atomic E-state index is 0.337. The van der Waals surface area contributed by atoms with Crippen molar-refractivity contribution in [2.75, 3.05) is 13.1 Å². The Morgan fingerprint density at radius 3 is 2.63 bits per heavy atom. The Kier molecular flexibility index (Phi) is 4.51. The summed E-state index contributed by atoms with van der Waals surface area (Å²) >= 11 is 0. The van der Waals surface area contributed by atoms with Crippen LogP contribution >= 0.6 is 0 Å². The van der Waals surface area contributed by atoms with Gasteiger partial charge in [0.25, 0.3) is 0 Å². The lowest BCUT2D eigenvalue weighted by molar-refractivity contribution is -0.145. The molecule has 1 saturated carbocycles. The molecule has 4 nitrogen and oxygen atoms in total. The monoisotopic (exact) mass is 268 g/mol. The predicted octanol–water partition coefficient (Wildman–Crippen LogP) is 2.09. The summed E-state index contributed by atoms with van der Waals surface area (Å²) in [7, 11) is 0. The van der Waals surface area contributed by atoms with Gasteiger partial charge in [0.2, 0.25) is 0 Å². The first-order valence-electron chi connectivity index (χ1n) is 7.69. The Balaban J connectivity index is 1.91. The van der Waals surface area contributed by atoms with Gasteiger partial charge in [-0.1, -0.05) is 13.3 Å². The molecule has 4 heteroatoms. The van der Waals surface area contributed by atoms with Gasteiger partial charge >= 0.3 is 5.97 Å². The molecule has 3 unspecified atom stereocenters. The fourth-order valence-electron chi connectivity index (χ4n) is 3.20. The van der Waals surface area contributed by atoms with E-state index >= 15 is 0 Å². The minimum Gasteiger partial charge on any atom is -0.480 e. The molecule has 2 fully saturated rings. The molecular weight excluding hydrogens is 240 g/mol. The summed E-state index contributed by atoms with van der Waals surface area (Å²) in [6, 6.07) is 0.763. The van der Waals surface area contributed by atoms with Gasteiger partial charge in [0.05, 0.1) is 0 Å². The van der Waals surface area contributed by atoms with E-state index in [1.165, 1.54) is 12.8 Å². The van der Waals surface area contributed by atoms with Crippen molar-refractivity contribution in [1.82, 2.24) is 10.2 Å². The highest BCUT2D eigenvalue weighted by atomic mass is 16.4. The number of rotatable bonds is 7. The number of likely N-dealkylation sites (tertiary alicyclic amines) is 1. The van der Waals surface area contributed by atoms with Crippen LogP contribution < -0.4 is 5.32 Å². The largest absolute Gasteiger partial charge is 0.480 e. The number of hydrogen-bond donors (Lipinski definition) is 2. The normalized spacial score (nSPS) is 29.1. The zero-order valence-electron chi connectivity index (χ0n) is 12.5. The SMILES string of the molecule is CCC1CCN(C(C)CC(C)(NC2CC2)C(=O)O)C1. The van der Waals surface area contributed by atoms with Crippen molar-refractivity contribution in [2.24, 2.45) is 5.92 Å². The fraction of sp³-hybridized carbons (Fsp3) is 0.933. The third-order valence-electron chi connectivity index (χ3n) is 4.79. The molecule has 19 heavy (non-hydrogen) atoms. The van der Waals surface area contributed by atoms with Crippen molar-refractivity contribution in [3.05, 3.63) is 0 Å². The van der Waals surface area contributed by atoms with Crippen molar-refractivity contribution in [2.45, 2.75) is 70.5 Å². The van der Waals surface area contributed by atoms with Gasteiger partial charge in [-0.2, -0.15) is 0 Å². The molecule has 1 aliphatic heterocycles. The van der Waals surface area contributed by atoms with Crippen LogP contribution in [-0.2, 0) is 4.79 Å². The molecule has 1 heterocycles. The summed E-state index contributed by atoms with van der Waals surface area (Å²) in [6.45, 7) is 8.52. The number of carboxylic acid groups (broad SMARTS) is 1. The van der Waals surface area contributed by atoms with Crippen LogP contribution in [0, 0.1) is 5.92 Å². The first-order chi connectivity index (χ1) is 8.94. The van der Waals surface area contributed by atoms with Gasteiger partial charge < -0.3 is 10.0 Å². The van der Waals surface area contributed by atoms with E-state index in [0.29, 0.717) is 18.5 Å². The van der Waals surface area contributed by atoms with Crippen LogP contribution in [-0.4, -0.2) is 46.7 Å². The second-order valence-corrected chi connectivity index (χ2v) is 6.67. The summed E-state index contributed by atoms with van der Waals surface area (Å²) in [5.41, 5.74) is -0.773. The van der Waals surface area contributed by atoms with Crippen LogP contribution in [0.1, 0.15) is 52.9 Å². The Labute approximate surface area is 116 Å². The van der Waals surface area contributed by atoms with Crippen LogP contribution in [0.5, 0.6) is 0 Å². The predicted molar refractivity (Wildman–Crippen MR) is 76.2 cm³/mol. The van der Waals surface area contributed by atoms with Crippen molar-refractivity contribution in [1.29, 1.82) is 0 Å². The van der Waals surface area contributed by atoms with E-state index in [-0.39, 0.29) is 0 Å². The molecular formula is C15H28N2O2. The Bertz CT molecular complexity index is 330. The van der Waals surface area contributed by atoms with Gasteiger partial charge in [-0.15, -0.1) is 0 Å². The van der Waals surface area contributed by atoms with Gasteiger partial charge in [-0.3, -0.25) is 10.1 Å². The van der Waals surface area contributed by atoms with E-state index in [4.69, 9.17) is 0 Å². The first-order valence-corrected chi connectivity index (χ1v) is 7.69. The highest BCUT2D eigenvalue weighted by Crippen LogP contribution is 2.28. The third kappa shape index (κ3) is 3.69. The number of carboxylic acids is 1. The van der Waals surface area contributed by atoms with Gasteiger partial charge in [-0.05, 0) is 52.0 Å². The molecule has 0 spiro atoms. The Morgan fingerprint density at radius 2 is 2.16 bits per heavy atom. The molecule has 2 rings (SSSR count). The molecule has 110 valence electrons.